The summed E-state index contributed by atoms with van der Waals surface area (Å²) in [7, 11) is 0. The second-order valence-corrected chi connectivity index (χ2v) is 6.03. The van der Waals surface area contributed by atoms with Crippen molar-refractivity contribution < 1.29 is 4.39 Å². The Morgan fingerprint density at radius 1 is 0.913 bits per heavy atom. The third kappa shape index (κ3) is 2.53. The van der Waals surface area contributed by atoms with Crippen molar-refractivity contribution in [2.75, 3.05) is 5.73 Å². The van der Waals surface area contributed by atoms with Gasteiger partial charge >= 0.3 is 0 Å². The van der Waals surface area contributed by atoms with E-state index in [9.17, 15) is 4.39 Å². The number of benzene rings is 2. The number of thiazole rings is 1. The summed E-state index contributed by atoms with van der Waals surface area (Å²) in [6.07, 6.45) is 3.31. The van der Waals surface area contributed by atoms with Crippen LogP contribution in [-0.2, 0) is 0 Å². The van der Waals surface area contributed by atoms with Crippen LogP contribution < -0.4 is 5.73 Å². The molecule has 0 radical (unpaired) electrons. The molecule has 112 valence electrons. The molecular formula is C17H11FN4S. The molecule has 0 aliphatic carbocycles. The fraction of sp³-hybridized carbons (Fsp3) is 0. The van der Waals surface area contributed by atoms with Crippen molar-refractivity contribution in [3.8, 4) is 21.7 Å². The van der Waals surface area contributed by atoms with Crippen LogP contribution in [0.25, 0.3) is 32.7 Å². The quantitative estimate of drug-likeness (QED) is 0.602. The first-order valence-corrected chi connectivity index (χ1v) is 7.76. The van der Waals surface area contributed by atoms with E-state index >= 15 is 0 Å². The molecule has 4 rings (SSSR count). The minimum Gasteiger partial charge on any atom is -0.375 e. The van der Waals surface area contributed by atoms with Crippen LogP contribution in [0.3, 0.4) is 0 Å². The van der Waals surface area contributed by atoms with Gasteiger partial charge in [-0.15, -0.1) is 0 Å². The molecule has 2 heterocycles. The molecule has 2 aromatic carbocycles. The van der Waals surface area contributed by atoms with Gasteiger partial charge in [-0.3, -0.25) is 9.97 Å². The van der Waals surface area contributed by atoms with Crippen LogP contribution in [0.1, 0.15) is 0 Å². The van der Waals surface area contributed by atoms with Gasteiger partial charge in [-0.2, -0.15) is 0 Å². The number of hydrogen-bond donors (Lipinski definition) is 1. The van der Waals surface area contributed by atoms with E-state index in [-0.39, 0.29) is 5.82 Å². The molecule has 2 aromatic heterocycles. The maximum absolute atomic E-state index is 13.5. The van der Waals surface area contributed by atoms with Crippen LogP contribution in [0.15, 0.2) is 54.9 Å². The maximum atomic E-state index is 13.5. The highest BCUT2D eigenvalue weighted by Crippen LogP contribution is 2.38. The van der Waals surface area contributed by atoms with Crippen LogP contribution >= 0.6 is 11.3 Å². The molecular weight excluding hydrogens is 311 g/mol. The SMILES string of the molecule is Nc1nc(-c2cccc(F)c2)c(-c2ccc3nccnc3c2)s1. The molecule has 4 nitrogen and oxygen atoms in total. The molecule has 4 aromatic rings. The lowest BCUT2D eigenvalue weighted by molar-refractivity contribution is 0.628. The molecule has 0 bridgehead atoms. The smallest absolute Gasteiger partial charge is 0.181 e. The van der Waals surface area contributed by atoms with E-state index in [2.05, 4.69) is 15.0 Å². The van der Waals surface area contributed by atoms with Crippen molar-refractivity contribution in [3.05, 3.63) is 60.7 Å². The number of rotatable bonds is 2. The number of fused-ring (bicyclic) bond motifs is 1. The summed E-state index contributed by atoms with van der Waals surface area (Å²) in [5, 5.41) is 0.443. The maximum Gasteiger partial charge on any atom is 0.181 e. The van der Waals surface area contributed by atoms with Gasteiger partial charge in [0, 0.05) is 18.0 Å². The Morgan fingerprint density at radius 3 is 2.57 bits per heavy atom. The molecule has 0 unspecified atom stereocenters. The van der Waals surface area contributed by atoms with Gasteiger partial charge < -0.3 is 5.73 Å². The van der Waals surface area contributed by atoms with Crippen molar-refractivity contribution in [2.45, 2.75) is 0 Å². The molecule has 0 spiro atoms. The van der Waals surface area contributed by atoms with Gasteiger partial charge in [0.15, 0.2) is 5.13 Å². The molecule has 0 aliphatic rings. The number of nitrogen functional groups attached to an aromatic ring is 1. The Balaban J connectivity index is 1.91. The molecule has 6 heteroatoms. The second-order valence-electron chi connectivity index (χ2n) is 5.00. The second kappa shape index (κ2) is 5.40. The Kier molecular flexibility index (Phi) is 3.24. The van der Waals surface area contributed by atoms with Crippen molar-refractivity contribution in [1.29, 1.82) is 0 Å². The predicted molar refractivity (Wildman–Crippen MR) is 90.5 cm³/mol. The summed E-state index contributed by atoms with van der Waals surface area (Å²) in [4.78, 5) is 13.8. The zero-order valence-corrected chi connectivity index (χ0v) is 12.7. The summed E-state index contributed by atoms with van der Waals surface area (Å²) < 4.78 is 13.5. The fourth-order valence-corrected chi connectivity index (χ4v) is 3.32. The number of aromatic nitrogens is 3. The summed E-state index contributed by atoms with van der Waals surface area (Å²) in [5.74, 6) is -0.301. The van der Waals surface area contributed by atoms with Crippen LogP contribution in [0.5, 0.6) is 0 Å². The van der Waals surface area contributed by atoms with Crippen LogP contribution in [-0.4, -0.2) is 15.0 Å². The van der Waals surface area contributed by atoms with Crippen molar-refractivity contribution >= 4 is 27.5 Å². The predicted octanol–water partition coefficient (Wildman–Crippen LogP) is 4.14. The first-order valence-electron chi connectivity index (χ1n) is 6.94. The minimum atomic E-state index is -0.301. The summed E-state index contributed by atoms with van der Waals surface area (Å²) >= 11 is 1.37. The topological polar surface area (TPSA) is 64.7 Å². The van der Waals surface area contributed by atoms with Crippen LogP contribution in [0.2, 0.25) is 0 Å². The molecule has 2 N–H and O–H groups in total. The van der Waals surface area contributed by atoms with Crippen LogP contribution in [0.4, 0.5) is 9.52 Å². The van der Waals surface area contributed by atoms with Crippen molar-refractivity contribution in [3.63, 3.8) is 0 Å². The molecule has 0 fully saturated rings. The number of anilines is 1. The Bertz CT molecular complexity index is 1010. The van der Waals surface area contributed by atoms with E-state index < -0.39 is 0 Å². The minimum absolute atomic E-state index is 0.301. The lowest BCUT2D eigenvalue weighted by Crippen LogP contribution is -1.87. The highest BCUT2D eigenvalue weighted by Gasteiger charge is 2.15. The van der Waals surface area contributed by atoms with Gasteiger partial charge in [-0.25, -0.2) is 9.37 Å². The zero-order chi connectivity index (χ0) is 15.8. The third-order valence-corrected chi connectivity index (χ3v) is 4.41. The first kappa shape index (κ1) is 13.8. The van der Waals surface area contributed by atoms with Crippen molar-refractivity contribution in [1.82, 2.24) is 15.0 Å². The van der Waals surface area contributed by atoms with E-state index in [0.717, 1.165) is 21.5 Å². The molecule has 23 heavy (non-hydrogen) atoms. The Labute approximate surface area is 135 Å². The summed E-state index contributed by atoms with van der Waals surface area (Å²) in [6, 6.07) is 12.1. The lowest BCUT2D eigenvalue weighted by atomic mass is 10.1. The van der Waals surface area contributed by atoms with Crippen molar-refractivity contribution in [2.24, 2.45) is 0 Å². The standard InChI is InChI=1S/C17H11FN4S/c18-12-3-1-2-10(8-12)15-16(23-17(19)22-15)11-4-5-13-14(9-11)21-7-6-20-13/h1-9H,(H2,19,22). The van der Waals surface area contributed by atoms with E-state index in [4.69, 9.17) is 5.73 Å². The van der Waals surface area contributed by atoms with Gasteiger partial charge in [-0.05, 0) is 29.8 Å². The van der Waals surface area contributed by atoms with Crippen LogP contribution in [0, 0.1) is 5.82 Å². The lowest BCUT2D eigenvalue weighted by Gasteiger charge is -2.04. The average Bonchev–Trinajstić information content (AvgIpc) is 2.96. The number of halogens is 1. The van der Waals surface area contributed by atoms with E-state index in [0.29, 0.717) is 16.4 Å². The fourth-order valence-electron chi connectivity index (χ4n) is 2.47. The number of nitrogens with two attached hydrogens (primary N) is 1. The van der Waals surface area contributed by atoms with E-state index in [1.807, 2.05) is 24.3 Å². The Hall–Kier alpha value is -2.86. The van der Waals surface area contributed by atoms with Gasteiger partial charge in [0.05, 0.1) is 21.6 Å². The average molecular weight is 322 g/mol. The highest BCUT2D eigenvalue weighted by atomic mass is 32.1. The zero-order valence-electron chi connectivity index (χ0n) is 11.9. The van der Waals surface area contributed by atoms with Gasteiger partial charge in [-0.1, -0.05) is 29.5 Å². The van der Waals surface area contributed by atoms with Gasteiger partial charge in [0.1, 0.15) is 5.82 Å². The largest absolute Gasteiger partial charge is 0.375 e. The molecule has 0 atom stereocenters. The van der Waals surface area contributed by atoms with E-state index in [1.54, 1.807) is 18.5 Å². The number of nitrogens with zero attached hydrogens (tertiary/aromatic N) is 3. The highest BCUT2D eigenvalue weighted by molar-refractivity contribution is 7.19. The van der Waals surface area contributed by atoms with Gasteiger partial charge in [0.25, 0.3) is 0 Å². The molecule has 0 amide bonds. The summed E-state index contributed by atoms with van der Waals surface area (Å²) in [6.45, 7) is 0. The monoisotopic (exact) mass is 322 g/mol. The first-order chi connectivity index (χ1) is 11.2. The molecule has 0 aliphatic heterocycles. The molecule has 0 saturated heterocycles. The molecule has 0 saturated carbocycles. The normalized spacial score (nSPS) is 11.0. The third-order valence-electron chi connectivity index (χ3n) is 3.47. The van der Waals surface area contributed by atoms with Gasteiger partial charge in [0.2, 0.25) is 0 Å². The Morgan fingerprint density at radius 2 is 1.74 bits per heavy atom. The number of hydrogen-bond acceptors (Lipinski definition) is 5. The van der Waals surface area contributed by atoms with E-state index in [1.165, 1.54) is 23.5 Å². The summed E-state index contributed by atoms with van der Waals surface area (Å²) in [5.41, 5.74) is 9.82.